The van der Waals surface area contributed by atoms with Crippen molar-refractivity contribution in [3.8, 4) is 0 Å². The van der Waals surface area contributed by atoms with Gasteiger partial charge in [0.25, 0.3) is 0 Å². The molecule has 92 valence electrons. The molecular formula is C12H22N2O2. The molecule has 0 saturated carbocycles. The largest absolute Gasteiger partial charge is 0.368 e. The van der Waals surface area contributed by atoms with Crippen molar-refractivity contribution in [3.63, 3.8) is 0 Å². The zero-order chi connectivity index (χ0) is 11.6. The Morgan fingerprint density at radius 2 is 2.19 bits per heavy atom. The zero-order valence-corrected chi connectivity index (χ0v) is 9.78. The van der Waals surface area contributed by atoms with Crippen molar-refractivity contribution in [2.75, 3.05) is 19.7 Å². The lowest BCUT2D eigenvalue weighted by Gasteiger charge is -2.18. The van der Waals surface area contributed by atoms with Crippen molar-refractivity contribution in [2.24, 2.45) is 5.73 Å². The zero-order valence-electron chi connectivity index (χ0n) is 9.78. The summed E-state index contributed by atoms with van der Waals surface area (Å²) in [6, 6.07) is 0. The number of ether oxygens (including phenoxy) is 1. The maximum Gasteiger partial charge on any atom is 0.246 e. The Kier molecular flexibility index (Phi) is 6.85. The summed E-state index contributed by atoms with van der Waals surface area (Å²) >= 11 is 0. The summed E-state index contributed by atoms with van der Waals surface area (Å²) < 4.78 is 5.59. The molecule has 16 heavy (non-hydrogen) atoms. The molecule has 0 fully saturated rings. The minimum atomic E-state index is -0.0666. The first-order valence-electron chi connectivity index (χ1n) is 6.06. The molecule has 1 aliphatic rings. The fourth-order valence-corrected chi connectivity index (χ4v) is 1.75. The lowest BCUT2D eigenvalue weighted by atomic mass is 10.0. The summed E-state index contributed by atoms with van der Waals surface area (Å²) in [4.78, 5) is 11.3. The molecule has 0 spiro atoms. The van der Waals surface area contributed by atoms with E-state index >= 15 is 0 Å². The minimum absolute atomic E-state index is 0.0666. The number of nitrogens with one attached hydrogen (secondary N) is 1. The standard InChI is InChI=1S/C12H22N2O2/c13-8-9-14-12(15)10-16-11-6-4-2-1-3-5-7-11/h1-2,11H,3-10,13H2,(H,14,15)/t11-/m0/s1. The predicted molar refractivity (Wildman–Crippen MR) is 64.0 cm³/mol. The molecule has 1 amide bonds. The number of nitrogens with two attached hydrogens (primary N) is 1. The van der Waals surface area contributed by atoms with Crippen molar-refractivity contribution in [2.45, 2.75) is 38.2 Å². The minimum Gasteiger partial charge on any atom is -0.368 e. The first-order chi connectivity index (χ1) is 7.83. The van der Waals surface area contributed by atoms with Crippen LogP contribution in [0.3, 0.4) is 0 Å². The maximum absolute atomic E-state index is 11.3. The van der Waals surface area contributed by atoms with Gasteiger partial charge in [-0.05, 0) is 32.1 Å². The lowest BCUT2D eigenvalue weighted by Crippen LogP contribution is -2.33. The van der Waals surface area contributed by atoms with Crippen LogP contribution in [0.4, 0.5) is 0 Å². The van der Waals surface area contributed by atoms with Crippen LogP contribution < -0.4 is 11.1 Å². The molecule has 3 N–H and O–H groups in total. The Bertz CT molecular complexity index is 229. The van der Waals surface area contributed by atoms with Crippen LogP contribution in [-0.4, -0.2) is 31.7 Å². The van der Waals surface area contributed by atoms with E-state index in [1.54, 1.807) is 0 Å². The van der Waals surface area contributed by atoms with Gasteiger partial charge >= 0.3 is 0 Å². The molecular weight excluding hydrogens is 204 g/mol. The summed E-state index contributed by atoms with van der Waals surface area (Å²) in [6.45, 7) is 1.16. The predicted octanol–water partition coefficient (Wildman–Crippen LogP) is 0.967. The molecule has 0 aromatic heterocycles. The maximum atomic E-state index is 11.3. The molecule has 0 bridgehead atoms. The number of hydrogen-bond donors (Lipinski definition) is 2. The van der Waals surface area contributed by atoms with E-state index in [1.165, 1.54) is 0 Å². The summed E-state index contributed by atoms with van der Waals surface area (Å²) in [5, 5.41) is 2.70. The van der Waals surface area contributed by atoms with Gasteiger partial charge in [-0.3, -0.25) is 4.79 Å². The van der Waals surface area contributed by atoms with E-state index in [-0.39, 0.29) is 18.6 Å². The van der Waals surface area contributed by atoms with E-state index in [0.29, 0.717) is 13.1 Å². The fraction of sp³-hybridized carbons (Fsp3) is 0.750. The molecule has 4 nitrogen and oxygen atoms in total. The second-order valence-electron chi connectivity index (χ2n) is 4.05. The molecule has 0 radical (unpaired) electrons. The topological polar surface area (TPSA) is 64.3 Å². The van der Waals surface area contributed by atoms with Gasteiger partial charge in [-0.15, -0.1) is 0 Å². The van der Waals surface area contributed by atoms with E-state index in [2.05, 4.69) is 17.5 Å². The van der Waals surface area contributed by atoms with Crippen LogP contribution in [-0.2, 0) is 9.53 Å². The molecule has 0 aromatic carbocycles. The van der Waals surface area contributed by atoms with Crippen molar-refractivity contribution < 1.29 is 9.53 Å². The Labute approximate surface area is 97.2 Å². The third kappa shape index (κ3) is 5.88. The number of rotatable bonds is 5. The van der Waals surface area contributed by atoms with Crippen molar-refractivity contribution in [3.05, 3.63) is 12.2 Å². The van der Waals surface area contributed by atoms with Crippen LogP contribution in [0.2, 0.25) is 0 Å². The Hall–Kier alpha value is -0.870. The lowest BCUT2D eigenvalue weighted by molar-refractivity contribution is -0.127. The quantitative estimate of drug-likeness (QED) is 0.686. The number of carbonyl (C=O) groups is 1. The van der Waals surface area contributed by atoms with Gasteiger partial charge in [0.2, 0.25) is 5.91 Å². The highest BCUT2D eigenvalue weighted by atomic mass is 16.5. The van der Waals surface area contributed by atoms with Crippen molar-refractivity contribution >= 4 is 5.91 Å². The van der Waals surface area contributed by atoms with Gasteiger partial charge in [0.1, 0.15) is 6.61 Å². The highest BCUT2D eigenvalue weighted by molar-refractivity contribution is 5.77. The highest BCUT2D eigenvalue weighted by Gasteiger charge is 2.11. The fourth-order valence-electron chi connectivity index (χ4n) is 1.75. The Balaban J connectivity index is 2.15. The molecule has 0 aliphatic heterocycles. The first kappa shape index (κ1) is 13.2. The number of amides is 1. The molecule has 4 heteroatoms. The van der Waals surface area contributed by atoms with E-state index in [0.717, 1.165) is 32.1 Å². The van der Waals surface area contributed by atoms with Crippen LogP contribution in [0, 0.1) is 0 Å². The molecule has 0 heterocycles. The smallest absolute Gasteiger partial charge is 0.246 e. The third-order valence-corrected chi connectivity index (χ3v) is 2.64. The monoisotopic (exact) mass is 226 g/mol. The van der Waals surface area contributed by atoms with E-state index in [9.17, 15) is 4.79 Å². The molecule has 0 unspecified atom stereocenters. The molecule has 1 rings (SSSR count). The van der Waals surface area contributed by atoms with Crippen LogP contribution >= 0.6 is 0 Å². The van der Waals surface area contributed by atoms with E-state index in [4.69, 9.17) is 10.5 Å². The number of carbonyl (C=O) groups excluding carboxylic acids is 1. The SMILES string of the molecule is NCCNC(=O)CO[C@H]1CCC=CCCC1. The number of allylic oxidation sites excluding steroid dienone is 2. The number of hydrogen-bond acceptors (Lipinski definition) is 3. The Morgan fingerprint density at radius 1 is 1.38 bits per heavy atom. The van der Waals surface area contributed by atoms with Gasteiger partial charge in [0.15, 0.2) is 0 Å². The normalized spacial score (nSPS) is 21.2. The van der Waals surface area contributed by atoms with Gasteiger partial charge < -0.3 is 15.8 Å². The molecule has 0 saturated heterocycles. The summed E-state index contributed by atoms with van der Waals surface area (Å²) in [7, 11) is 0. The Morgan fingerprint density at radius 3 is 3.00 bits per heavy atom. The highest BCUT2D eigenvalue weighted by Crippen LogP contribution is 2.15. The van der Waals surface area contributed by atoms with Crippen LogP contribution in [0.5, 0.6) is 0 Å². The molecule has 0 aromatic rings. The van der Waals surface area contributed by atoms with Gasteiger partial charge in [-0.25, -0.2) is 0 Å². The molecule has 1 aliphatic carbocycles. The third-order valence-electron chi connectivity index (χ3n) is 2.64. The van der Waals surface area contributed by atoms with Crippen molar-refractivity contribution in [1.82, 2.24) is 5.32 Å². The van der Waals surface area contributed by atoms with Gasteiger partial charge in [-0.2, -0.15) is 0 Å². The summed E-state index contributed by atoms with van der Waals surface area (Å²) in [5.74, 6) is -0.0666. The second-order valence-corrected chi connectivity index (χ2v) is 4.05. The molecule has 1 atom stereocenters. The van der Waals surface area contributed by atoms with Gasteiger partial charge in [0.05, 0.1) is 6.10 Å². The van der Waals surface area contributed by atoms with Crippen LogP contribution in [0.25, 0.3) is 0 Å². The first-order valence-corrected chi connectivity index (χ1v) is 6.06. The summed E-state index contributed by atoms with van der Waals surface area (Å²) in [6.07, 6.45) is 10.0. The van der Waals surface area contributed by atoms with Crippen LogP contribution in [0.1, 0.15) is 32.1 Å². The summed E-state index contributed by atoms with van der Waals surface area (Å²) in [5.41, 5.74) is 5.29. The van der Waals surface area contributed by atoms with Crippen molar-refractivity contribution in [1.29, 1.82) is 0 Å². The van der Waals surface area contributed by atoms with Crippen LogP contribution in [0.15, 0.2) is 12.2 Å². The average molecular weight is 226 g/mol. The van der Waals surface area contributed by atoms with Gasteiger partial charge in [-0.1, -0.05) is 12.2 Å². The van der Waals surface area contributed by atoms with E-state index in [1.807, 2.05) is 0 Å². The van der Waals surface area contributed by atoms with Gasteiger partial charge in [0, 0.05) is 13.1 Å². The second kappa shape index (κ2) is 8.30. The average Bonchev–Trinajstić information content (AvgIpc) is 2.25. The van der Waals surface area contributed by atoms with E-state index < -0.39 is 0 Å².